The van der Waals surface area contributed by atoms with E-state index in [1.54, 1.807) is 13.2 Å². The van der Waals surface area contributed by atoms with Crippen LogP contribution in [0.15, 0.2) is 36.5 Å². The van der Waals surface area contributed by atoms with Crippen molar-refractivity contribution in [1.29, 1.82) is 0 Å². The van der Waals surface area contributed by atoms with E-state index in [0.29, 0.717) is 5.57 Å². The van der Waals surface area contributed by atoms with E-state index < -0.39 is 0 Å². The molecule has 0 unspecified atom stereocenters. The Balaban J connectivity index is 2.96. The van der Waals surface area contributed by atoms with Crippen molar-refractivity contribution < 1.29 is 4.79 Å². The molecule has 2 heteroatoms. The third-order valence-corrected chi connectivity index (χ3v) is 1.53. The van der Waals surface area contributed by atoms with E-state index in [2.05, 4.69) is 5.32 Å². The molecule has 0 aromatic heterocycles. The second kappa shape index (κ2) is 4.34. The van der Waals surface area contributed by atoms with Gasteiger partial charge >= 0.3 is 0 Å². The highest BCUT2D eigenvalue weighted by Gasteiger charge is 1.96. The fraction of sp³-hybridized carbons (Fsp3) is 0.100. The van der Waals surface area contributed by atoms with Crippen molar-refractivity contribution in [2.24, 2.45) is 0 Å². The Kier molecular flexibility index (Phi) is 3.08. The summed E-state index contributed by atoms with van der Waals surface area (Å²) in [5.41, 5.74) is 1.60. The van der Waals surface area contributed by atoms with Crippen LogP contribution in [0.25, 0.3) is 5.57 Å². The lowest BCUT2D eigenvalue weighted by Gasteiger charge is -1.98. The Labute approximate surface area is 71.9 Å². The maximum absolute atomic E-state index is 10.6. The Morgan fingerprint density at radius 2 is 2.00 bits per heavy atom. The van der Waals surface area contributed by atoms with Crippen molar-refractivity contribution in [2.75, 3.05) is 7.05 Å². The number of hydrogen-bond donors (Lipinski definition) is 1. The molecule has 0 bridgehead atoms. The van der Waals surface area contributed by atoms with Gasteiger partial charge in [0, 0.05) is 18.8 Å². The molecule has 0 amide bonds. The molecule has 1 N–H and O–H groups in total. The zero-order valence-electron chi connectivity index (χ0n) is 6.95. The van der Waals surface area contributed by atoms with Gasteiger partial charge in [0.15, 0.2) is 6.29 Å². The van der Waals surface area contributed by atoms with Gasteiger partial charge in [-0.3, -0.25) is 4.79 Å². The van der Waals surface area contributed by atoms with Crippen molar-refractivity contribution >= 4 is 11.9 Å². The predicted octanol–water partition coefficient (Wildman–Crippen LogP) is 1.45. The highest BCUT2D eigenvalue weighted by Crippen LogP contribution is 2.09. The van der Waals surface area contributed by atoms with Crippen LogP contribution in [-0.4, -0.2) is 13.3 Å². The van der Waals surface area contributed by atoms with Crippen molar-refractivity contribution in [3.05, 3.63) is 42.1 Å². The normalized spacial score (nSPS) is 10.9. The minimum atomic E-state index is 0.665. The number of hydrogen-bond acceptors (Lipinski definition) is 2. The molecule has 0 heterocycles. The van der Waals surface area contributed by atoms with Crippen LogP contribution < -0.4 is 5.32 Å². The standard InChI is InChI=1S/C10H11NO/c1-11-7-10(8-12)9-5-3-2-4-6-9/h2-8,11H,1H3/b10-7+. The van der Waals surface area contributed by atoms with Gasteiger partial charge in [0.2, 0.25) is 0 Å². The highest BCUT2D eigenvalue weighted by atomic mass is 16.1. The molecule has 2 nitrogen and oxygen atoms in total. The molecule has 62 valence electrons. The van der Waals surface area contributed by atoms with E-state index in [0.717, 1.165) is 11.8 Å². The average Bonchev–Trinajstić information content (AvgIpc) is 2.15. The molecule has 1 aromatic rings. The highest BCUT2D eigenvalue weighted by molar-refractivity contribution is 6.06. The van der Waals surface area contributed by atoms with Gasteiger partial charge in [0.05, 0.1) is 0 Å². The molecule has 0 atom stereocenters. The summed E-state index contributed by atoms with van der Waals surface area (Å²) < 4.78 is 0. The van der Waals surface area contributed by atoms with Crippen LogP contribution in [0.4, 0.5) is 0 Å². The van der Waals surface area contributed by atoms with Gasteiger partial charge in [0.25, 0.3) is 0 Å². The largest absolute Gasteiger partial charge is 0.393 e. The van der Waals surface area contributed by atoms with Crippen LogP contribution in [0.3, 0.4) is 0 Å². The summed E-state index contributed by atoms with van der Waals surface area (Å²) in [5, 5.41) is 2.82. The zero-order chi connectivity index (χ0) is 8.81. The molecule has 0 aliphatic heterocycles. The van der Waals surface area contributed by atoms with E-state index in [-0.39, 0.29) is 0 Å². The maximum Gasteiger partial charge on any atom is 0.152 e. The summed E-state index contributed by atoms with van der Waals surface area (Å²) in [4.78, 5) is 10.6. The number of nitrogens with one attached hydrogen (secondary N) is 1. The fourth-order valence-corrected chi connectivity index (χ4v) is 0.972. The lowest BCUT2D eigenvalue weighted by atomic mass is 10.1. The molecule has 0 aliphatic carbocycles. The quantitative estimate of drug-likeness (QED) is 0.537. The van der Waals surface area contributed by atoms with Gasteiger partial charge in [-0.2, -0.15) is 0 Å². The molecule has 0 radical (unpaired) electrons. The van der Waals surface area contributed by atoms with Crippen molar-refractivity contribution in [3.8, 4) is 0 Å². The SMILES string of the molecule is CN/C=C(\C=O)c1ccccc1. The lowest BCUT2D eigenvalue weighted by molar-refractivity contribution is -0.103. The van der Waals surface area contributed by atoms with E-state index in [1.807, 2.05) is 30.3 Å². The Hall–Kier alpha value is -1.57. The van der Waals surface area contributed by atoms with Crippen LogP contribution in [0.2, 0.25) is 0 Å². The van der Waals surface area contributed by atoms with Gasteiger partial charge in [-0.05, 0) is 5.56 Å². The molecular formula is C10H11NO. The minimum absolute atomic E-state index is 0.665. The zero-order valence-corrected chi connectivity index (χ0v) is 6.95. The summed E-state index contributed by atoms with van der Waals surface area (Å²) >= 11 is 0. The monoisotopic (exact) mass is 161 g/mol. The third kappa shape index (κ3) is 1.95. The fourth-order valence-electron chi connectivity index (χ4n) is 0.972. The molecular weight excluding hydrogens is 150 g/mol. The van der Waals surface area contributed by atoms with Crippen LogP contribution in [0.5, 0.6) is 0 Å². The molecule has 1 rings (SSSR count). The maximum atomic E-state index is 10.6. The molecule has 0 saturated heterocycles. The molecule has 12 heavy (non-hydrogen) atoms. The second-order valence-corrected chi connectivity index (χ2v) is 2.37. The van der Waals surface area contributed by atoms with Gasteiger partial charge in [-0.25, -0.2) is 0 Å². The first-order valence-electron chi connectivity index (χ1n) is 3.76. The van der Waals surface area contributed by atoms with E-state index >= 15 is 0 Å². The van der Waals surface area contributed by atoms with Gasteiger partial charge < -0.3 is 5.32 Å². The average molecular weight is 161 g/mol. The van der Waals surface area contributed by atoms with Crippen molar-refractivity contribution in [2.45, 2.75) is 0 Å². The topological polar surface area (TPSA) is 29.1 Å². The van der Waals surface area contributed by atoms with Gasteiger partial charge in [0.1, 0.15) is 0 Å². The third-order valence-electron chi connectivity index (χ3n) is 1.53. The minimum Gasteiger partial charge on any atom is -0.393 e. The summed E-state index contributed by atoms with van der Waals surface area (Å²) in [5.74, 6) is 0. The van der Waals surface area contributed by atoms with Crippen molar-refractivity contribution in [3.63, 3.8) is 0 Å². The number of rotatable bonds is 3. The lowest BCUT2D eigenvalue weighted by Crippen LogP contribution is -1.96. The number of carbonyl (C=O) groups excluding carboxylic acids is 1. The first kappa shape index (κ1) is 8.53. The smallest absolute Gasteiger partial charge is 0.152 e. The van der Waals surface area contributed by atoms with Gasteiger partial charge in [-0.1, -0.05) is 30.3 Å². The summed E-state index contributed by atoms with van der Waals surface area (Å²) in [6, 6.07) is 9.53. The first-order valence-corrected chi connectivity index (χ1v) is 3.76. The number of benzene rings is 1. The molecule has 1 aromatic carbocycles. The van der Waals surface area contributed by atoms with Gasteiger partial charge in [-0.15, -0.1) is 0 Å². The Morgan fingerprint density at radius 1 is 1.33 bits per heavy atom. The number of allylic oxidation sites excluding steroid dienone is 1. The predicted molar refractivity (Wildman–Crippen MR) is 49.5 cm³/mol. The van der Waals surface area contributed by atoms with Crippen LogP contribution in [0, 0.1) is 0 Å². The summed E-state index contributed by atoms with van der Waals surface area (Å²) in [7, 11) is 1.77. The van der Waals surface area contributed by atoms with Crippen molar-refractivity contribution in [1.82, 2.24) is 5.32 Å². The van der Waals surface area contributed by atoms with E-state index in [9.17, 15) is 4.79 Å². The molecule has 0 saturated carbocycles. The Morgan fingerprint density at radius 3 is 2.50 bits per heavy atom. The first-order chi connectivity index (χ1) is 5.88. The van der Waals surface area contributed by atoms with E-state index in [4.69, 9.17) is 0 Å². The molecule has 0 aliphatic rings. The molecule has 0 spiro atoms. The number of aldehydes is 1. The summed E-state index contributed by atoms with van der Waals surface area (Å²) in [6.07, 6.45) is 2.52. The van der Waals surface area contributed by atoms with E-state index in [1.165, 1.54) is 0 Å². The number of carbonyl (C=O) groups is 1. The Bertz CT molecular complexity index is 277. The summed E-state index contributed by atoms with van der Waals surface area (Å²) in [6.45, 7) is 0. The second-order valence-electron chi connectivity index (χ2n) is 2.37. The molecule has 0 fully saturated rings. The van der Waals surface area contributed by atoms with Crippen LogP contribution in [-0.2, 0) is 4.79 Å². The van der Waals surface area contributed by atoms with Crippen LogP contribution >= 0.6 is 0 Å². The van der Waals surface area contributed by atoms with Crippen LogP contribution in [0.1, 0.15) is 5.56 Å².